The first-order chi connectivity index (χ1) is 9.25. The molecule has 0 saturated heterocycles. The highest BCUT2D eigenvalue weighted by Crippen LogP contribution is 2.41. The van der Waals surface area contributed by atoms with E-state index < -0.39 is 0 Å². The number of hydrogen-bond acceptors (Lipinski definition) is 5. The van der Waals surface area contributed by atoms with Crippen LogP contribution in [0.1, 0.15) is 5.56 Å². The van der Waals surface area contributed by atoms with Crippen LogP contribution in [0.4, 0.5) is 5.82 Å². The normalized spacial score (nSPS) is 12.5. The molecule has 1 aromatic heterocycles. The standard InChI is InChI=1S/C13H11ClN2O3/c14-11-8(3-4-9-12(11)19-7-18-9)6-17-10-2-1-5-16-13(10)15/h1-5H,6-7H2,(H2,15,16). The number of benzene rings is 1. The van der Waals surface area contributed by atoms with Crippen LogP contribution in [0.15, 0.2) is 30.5 Å². The summed E-state index contributed by atoms with van der Waals surface area (Å²) in [7, 11) is 0. The minimum Gasteiger partial charge on any atom is -0.485 e. The number of rotatable bonds is 3. The Labute approximate surface area is 114 Å². The van der Waals surface area contributed by atoms with Crippen LogP contribution in [-0.4, -0.2) is 11.8 Å². The predicted molar refractivity (Wildman–Crippen MR) is 70.6 cm³/mol. The van der Waals surface area contributed by atoms with Crippen LogP contribution in [0.25, 0.3) is 0 Å². The number of nitrogens with zero attached hydrogens (tertiary/aromatic N) is 1. The Balaban J connectivity index is 1.80. The van der Waals surface area contributed by atoms with Crippen LogP contribution in [0.3, 0.4) is 0 Å². The highest BCUT2D eigenvalue weighted by atomic mass is 35.5. The molecule has 0 unspecified atom stereocenters. The smallest absolute Gasteiger partial charge is 0.231 e. The van der Waals surface area contributed by atoms with Crippen LogP contribution < -0.4 is 19.9 Å². The van der Waals surface area contributed by atoms with E-state index in [1.54, 1.807) is 24.4 Å². The van der Waals surface area contributed by atoms with E-state index in [9.17, 15) is 0 Å². The van der Waals surface area contributed by atoms with Crippen molar-refractivity contribution in [3.05, 3.63) is 41.0 Å². The van der Waals surface area contributed by atoms with Crippen molar-refractivity contribution >= 4 is 17.4 Å². The molecule has 2 aromatic rings. The van der Waals surface area contributed by atoms with Gasteiger partial charge in [-0.2, -0.15) is 0 Å². The third-order valence-corrected chi connectivity index (χ3v) is 3.16. The fourth-order valence-corrected chi connectivity index (χ4v) is 2.04. The molecule has 0 saturated carbocycles. The molecule has 0 bridgehead atoms. The van der Waals surface area contributed by atoms with E-state index in [0.29, 0.717) is 28.1 Å². The summed E-state index contributed by atoms with van der Waals surface area (Å²) < 4.78 is 16.1. The number of nitrogens with two attached hydrogens (primary N) is 1. The average Bonchev–Trinajstić information content (AvgIpc) is 2.89. The number of halogens is 1. The quantitative estimate of drug-likeness (QED) is 0.935. The van der Waals surface area contributed by atoms with Gasteiger partial charge in [-0.1, -0.05) is 17.7 Å². The van der Waals surface area contributed by atoms with Crippen molar-refractivity contribution in [2.24, 2.45) is 0 Å². The summed E-state index contributed by atoms with van der Waals surface area (Å²) in [4.78, 5) is 3.95. The molecule has 0 radical (unpaired) electrons. The largest absolute Gasteiger partial charge is 0.485 e. The topological polar surface area (TPSA) is 66.6 Å². The van der Waals surface area contributed by atoms with Gasteiger partial charge < -0.3 is 19.9 Å². The molecule has 3 rings (SSSR count). The molecule has 2 N–H and O–H groups in total. The Morgan fingerprint density at radius 2 is 2.21 bits per heavy atom. The van der Waals surface area contributed by atoms with Crippen LogP contribution in [0.2, 0.25) is 5.02 Å². The van der Waals surface area contributed by atoms with Gasteiger partial charge in [-0.3, -0.25) is 0 Å². The van der Waals surface area contributed by atoms with Gasteiger partial charge in [-0.25, -0.2) is 4.98 Å². The second kappa shape index (κ2) is 4.85. The predicted octanol–water partition coefficient (Wildman–Crippen LogP) is 2.62. The third-order valence-electron chi connectivity index (χ3n) is 2.74. The van der Waals surface area contributed by atoms with Gasteiger partial charge in [0, 0.05) is 11.8 Å². The second-order valence-electron chi connectivity index (χ2n) is 3.95. The summed E-state index contributed by atoms with van der Waals surface area (Å²) in [6.07, 6.45) is 1.61. The molecule has 2 heterocycles. The van der Waals surface area contributed by atoms with Gasteiger partial charge in [0.15, 0.2) is 23.1 Å². The Kier molecular flexibility index (Phi) is 3.05. The number of nitrogen functional groups attached to an aromatic ring is 1. The van der Waals surface area contributed by atoms with Crippen LogP contribution in [-0.2, 0) is 6.61 Å². The number of hydrogen-bond donors (Lipinski definition) is 1. The maximum Gasteiger partial charge on any atom is 0.231 e. The zero-order valence-corrected chi connectivity index (χ0v) is 10.7. The van der Waals surface area contributed by atoms with Crippen LogP contribution in [0, 0.1) is 0 Å². The summed E-state index contributed by atoms with van der Waals surface area (Å²) in [5.41, 5.74) is 6.50. The molecule has 1 aliphatic rings. The van der Waals surface area contributed by atoms with Crippen molar-refractivity contribution in [2.45, 2.75) is 6.61 Å². The molecule has 1 aromatic carbocycles. The lowest BCUT2D eigenvalue weighted by Crippen LogP contribution is -2.00. The molecule has 6 heteroatoms. The maximum absolute atomic E-state index is 6.23. The summed E-state index contributed by atoms with van der Waals surface area (Å²) in [6.45, 7) is 0.473. The van der Waals surface area contributed by atoms with Crippen molar-refractivity contribution in [1.82, 2.24) is 4.98 Å². The van der Waals surface area contributed by atoms with Gasteiger partial charge in [0.05, 0.1) is 5.02 Å². The fourth-order valence-electron chi connectivity index (χ4n) is 1.77. The van der Waals surface area contributed by atoms with Crippen molar-refractivity contribution in [2.75, 3.05) is 12.5 Å². The Morgan fingerprint density at radius 1 is 1.32 bits per heavy atom. The second-order valence-corrected chi connectivity index (χ2v) is 4.33. The van der Waals surface area contributed by atoms with Crippen molar-refractivity contribution < 1.29 is 14.2 Å². The first-order valence-electron chi connectivity index (χ1n) is 5.66. The highest BCUT2D eigenvalue weighted by molar-refractivity contribution is 6.33. The first kappa shape index (κ1) is 11.9. The molecule has 5 nitrogen and oxygen atoms in total. The zero-order valence-electron chi connectivity index (χ0n) is 9.93. The minimum absolute atomic E-state index is 0.189. The summed E-state index contributed by atoms with van der Waals surface area (Å²) in [5.74, 6) is 2.08. The molecular formula is C13H11ClN2O3. The zero-order chi connectivity index (χ0) is 13.2. The van der Waals surface area contributed by atoms with E-state index in [0.717, 1.165) is 5.56 Å². The van der Waals surface area contributed by atoms with Gasteiger partial charge >= 0.3 is 0 Å². The summed E-state index contributed by atoms with van der Waals surface area (Å²) in [5, 5.41) is 0.498. The van der Waals surface area contributed by atoms with Crippen molar-refractivity contribution in [3.63, 3.8) is 0 Å². The van der Waals surface area contributed by atoms with E-state index in [1.165, 1.54) is 0 Å². The lowest BCUT2D eigenvalue weighted by atomic mass is 10.2. The molecule has 0 atom stereocenters. The molecule has 0 amide bonds. The van der Waals surface area contributed by atoms with E-state index in [4.69, 9.17) is 31.5 Å². The first-order valence-corrected chi connectivity index (χ1v) is 6.04. The minimum atomic E-state index is 0.189. The van der Waals surface area contributed by atoms with Gasteiger partial charge in [-0.15, -0.1) is 0 Å². The SMILES string of the molecule is Nc1ncccc1OCc1ccc2c(c1Cl)OCO2. The van der Waals surface area contributed by atoms with Crippen molar-refractivity contribution in [3.8, 4) is 17.2 Å². The van der Waals surface area contributed by atoms with Gasteiger partial charge in [-0.05, 0) is 18.2 Å². The lowest BCUT2D eigenvalue weighted by molar-refractivity contribution is 0.174. The van der Waals surface area contributed by atoms with E-state index in [1.807, 2.05) is 6.07 Å². The molecular weight excluding hydrogens is 268 g/mol. The summed E-state index contributed by atoms with van der Waals surface area (Å²) in [6, 6.07) is 7.15. The third kappa shape index (κ3) is 2.24. The van der Waals surface area contributed by atoms with E-state index in [-0.39, 0.29) is 13.4 Å². The molecule has 19 heavy (non-hydrogen) atoms. The number of ether oxygens (including phenoxy) is 3. The highest BCUT2D eigenvalue weighted by Gasteiger charge is 2.19. The Bertz CT molecular complexity index is 619. The van der Waals surface area contributed by atoms with Gasteiger partial charge in [0.25, 0.3) is 0 Å². The monoisotopic (exact) mass is 278 g/mol. The molecule has 0 fully saturated rings. The molecule has 1 aliphatic heterocycles. The molecule has 98 valence electrons. The van der Waals surface area contributed by atoms with E-state index >= 15 is 0 Å². The van der Waals surface area contributed by atoms with Gasteiger partial charge in [0.1, 0.15) is 6.61 Å². The number of aromatic nitrogens is 1. The lowest BCUT2D eigenvalue weighted by Gasteiger charge is -2.10. The van der Waals surface area contributed by atoms with Crippen LogP contribution >= 0.6 is 11.6 Å². The number of anilines is 1. The van der Waals surface area contributed by atoms with Gasteiger partial charge in [0.2, 0.25) is 6.79 Å². The van der Waals surface area contributed by atoms with E-state index in [2.05, 4.69) is 4.98 Å². The Hall–Kier alpha value is -2.14. The van der Waals surface area contributed by atoms with Crippen LogP contribution in [0.5, 0.6) is 17.2 Å². The fraction of sp³-hybridized carbons (Fsp3) is 0.154. The number of fused-ring (bicyclic) bond motifs is 1. The number of pyridine rings is 1. The average molecular weight is 279 g/mol. The molecule has 0 spiro atoms. The molecule has 0 aliphatic carbocycles. The maximum atomic E-state index is 6.23. The summed E-state index contributed by atoms with van der Waals surface area (Å²) >= 11 is 6.23. The Morgan fingerprint density at radius 3 is 3.05 bits per heavy atom. The van der Waals surface area contributed by atoms with Crippen molar-refractivity contribution in [1.29, 1.82) is 0 Å².